The van der Waals surface area contributed by atoms with Gasteiger partial charge in [0, 0.05) is 28.4 Å². The fourth-order valence-corrected chi connectivity index (χ4v) is 5.00. The molecule has 0 aliphatic carbocycles. The molecule has 0 radical (unpaired) electrons. The molecule has 4 aromatic rings. The molecule has 0 spiro atoms. The highest BCUT2D eigenvalue weighted by molar-refractivity contribution is 7.16. The van der Waals surface area contributed by atoms with Crippen molar-refractivity contribution < 1.29 is 9.59 Å². The summed E-state index contributed by atoms with van der Waals surface area (Å²) in [7, 11) is 0. The van der Waals surface area contributed by atoms with E-state index in [0.717, 1.165) is 21.3 Å². The van der Waals surface area contributed by atoms with Crippen LogP contribution in [0.1, 0.15) is 33.1 Å². The lowest BCUT2D eigenvalue weighted by Gasteiger charge is -2.21. The Labute approximate surface area is 187 Å². The molecular weight excluding hydrogens is 438 g/mol. The number of thiophene rings is 2. The van der Waals surface area contributed by atoms with E-state index in [-0.39, 0.29) is 17.9 Å². The summed E-state index contributed by atoms with van der Waals surface area (Å²) in [5.74, 6) is -0.487. The van der Waals surface area contributed by atoms with Crippen LogP contribution >= 0.6 is 34.3 Å². The summed E-state index contributed by atoms with van der Waals surface area (Å²) < 4.78 is 0.674. The number of halogens is 1. The number of aromatic amines is 1. The molecule has 2 amide bonds. The molecule has 0 bridgehead atoms. The molecule has 3 aromatic heterocycles. The zero-order valence-corrected chi connectivity index (χ0v) is 18.5. The molecule has 5 nitrogen and oxygen atoms in total. The van der Waals surface area contributed by atoms with E-state index in [1.54, 1.807) is 6.07 Å². The number of rotatable bonds is 7. The van der Waals surface area contributed by atoms with Gasteiger partial charge in [0.05, 0.1) is 15.3 Å². The number of fused-ring (bicyclic) bond motifs is 1. The van der Waals surface area contributed by atoms with Gasteiger partial charge in [0.25, 0.3) is 5.91 Å². The van der Waals surface area contributed by atoms with Crippen molar-refractivity contribution in [2.24, 2.45) is 0 Å². The zero-order valence-electron chi connectivity index (χ0n) is 16.1. The van der Waals surface area contributed by atoms with Gasteiger partial charge in [0.1, 0.15) is 6.04 Å². The van der Waals surface area contributed by atoms with Crippen molar-refractivity contribution >= 4 is 57.0 Å². The van der Waals surface area contributed by atoms with E-state index in [1.807, 2.05) is 61.0 Å². The number of carbonyl (C=O) groups is 2. The number of H-pyrrole nitrogens is 1. The van der Waals surface area contributed by atoms with Crippen LogP contribution in [0.25, 0.3) is 10.9 Å². The zero-order chi connectivity index (χ0) is 21.1. The fourth-order valence-electron chi connectivity index (χ4n) is 3.31. The second kappa shape index (κ2) is 9.04. The highest BCUT2D eigenvalue weighted by atomic mass is 35.5. The minimum atomic E-state index is -0.711. The minimum Gasteiger partial charge on any atom is -0.361 e. The largest absolute Gasteiger partial charge is 0.361 e. The van der Waals surface area contributed by atoms with Crippen LogP contribution in [0.2, 0.25) is 4.34 Å². The number of nitrogens with one attached hydrogen (secondary N) is 3. The van der Waals surface area contributed by atoms with E-state index in [1.165, 1.54) is 22.7 Å². The summed E-state index contributed by atoms with van der Waals surface area (Å²) in [6.45, 7) is 1.91. The lowest BCUT2D eigenvalue weighted by molar-refractivity contribution is -0.123. The maximum absolute atomic E-state index is 13.1. The Morgan fingerprint density at radius 2 is 1.93 bits per heavy atom. The molecule has 1 aromatic carbocycles. The lowest BCUT2D eigenvalue weighted by atomic mass is 10.0. The summed E-state index contributed by atoms with van der Waals surface area (Å²) in [6, 6.07) is 14.3. The van der Waals surface area contributed by atoms with E-state index in [0.29, 0.717) is 15.6 Å². The van der Waals surface area contributed by atoms with Crippen LogP contribution in [0.4, 0.5) is 0 Å². The average molecular weight is 458 g/mol. The van der Waals surface area contributed by atoms with Gasteiger partial charge in [-0.15, -0.1) is 22.7 Å². The molecule has 3 N–H and O–H groups in total. The highest BCUT2D eigenvalue weighted by Crippen LogP contribution is 2.27. The first-order valence-electron chi connectivity index (χ1n) is 9.46. The van der Waals surface area contributed by atoms with Crippen LogP contribution in [0.3, 0.4) is 0 Å². The van der Waals surface area contributed by atoms with Crippen molar-refractivity contribution in [2.75, 3.05) is 0 Å². The van der Waals surface area contributed by atoms with Gasteiger partial charge in [-0.25, -0.2) is 0 Å². The topological polar surface area (TPSA) is 74.0 Å². The number of benzene rings is 1. The third-order valence-corrected chi connectivity index (χ3v) is 7.13. The molecule has 4 rings (SSSR count). The van der Waals surface area contributed by atoms with Crippen molar-refractivity contribution in [1.82, 2.24) is 15.6 Å². The average Bonchev–Trinajstić information content (AvgIpc) is 3.48. The molecule has 2 atom stereocenters. The maximum Gasteiger partial charge on any atom is 0.262 e. The minimum absolute atomic E-state index is 0.209. The standard InChI is InChI=1S/C22H20ClN3O2S2/c1-13(18-8-9-20(23)30-18)25-21(27)17(26-22(28)19-7-4-10-29-19)11-14-12-24-16-6-3-2-5-15(14)16/h2-10,12-13,17,24H,11H2,1H3,(H,25,27)(H,26,28). The second-order valence-corrected chi connectivity index (χ2v) is 9.63. The molecule has 0 fully saturated rings. The van der Waals surface area contributed by atoms with Gasteiger partial charge in [-0.1, -0.05) is 35.9 Å². The molecule has 0 aliphatic heterocycles. The Balaban J connectivity index is 1.55. The molecule has 8 heteroatoms. The summed E-state index contributed by atoms with van der Waals surface area (Å²) in [5, 5.41) is 8.80. The molecule has 3 heterocycles. The number of para-hydroxylation sites is 1. The Morgan fingerprint density at radius 3 is 2.67 bits per heavy atom. The summed E-state index contributed by atoms with van der Waals surface area (Å²) >= 11 is 8.80. The van der Waals surface area contributed by atoms with Crippen LogP contribution in [-0.2, 0) is 11.2 Å². The lowest BCUT2D eigenvalue weighted by Crippen LogP contribution is -2.48. The predicted molar refractivity (Wildman–Crippen MR) is 123 cm³/mol. The van der Waals surface area contributed by atoms with Crippen molar-refractivity contribution in [2.45, 2.75) is 25.4 Å². The number of hydrogen-bond donors (Lipinski definition) is 3. The third-order valence-electron chi connectivity index (χ3n) is 4.85. The van der Waals surface area contributed by atoms with E-state index in [9.17, 15) is 9.59 Å². The van der Waals surface area contributed by atoms with Crippen LogP contribution in [0.5, 0.6) is 0 Å². The molecule has 30 heavy (non-hydrogen) atoms. The van der Waals surface area contributed by atoms with Gasteiger partial charge < -0.3 is 15.6 Å². The van der Waals surface area contributed by atoms with Gasteiger partial charge in [0.2, 0.25) is 5.91 Å². The number of hydrogen-bond acceptors (Lipinski definition) is 4. The number of amides is 2. The van der Waals surface area contributed by atoms with Gasteiger partial charge in [-0.05, 0) is 42.1 Å². The summed E-state index contributed by atoms with van der Waals surface area (Å²) in [5.41, 5.74) is 1.97. The van der Waals surface area contributed by atoms with Crippen LogP contribution < -0.4 is 10.6 Å². The Kier molecular flexibility index (Phi) is 6.22. The SMILES string of the molecule is CC(NC(=O)C(Cc1c[nH]c2ccccc12)NC(=O)c1cccs1)c1ccc(Cl)s1. The molecule has 0 aliphatic rings. The highest BCUT2D eigenvalue weighted by Gasteiger charge is 2.25. The first-order valence-corrected chi connectivity index (χ1v) is 11.5. The molecular formula is C22H20ClN3O2S2. The smallest absolute Gasteiger partial charge is 0.262 e. The number of aromatic nitrogens is 1. The Morgan fingerprint density at radius 1 is 1.10 bits per heavy atom. The first-order chi connectivity index (χ1) is 14.5. The third kappa shape index (κ3) is 4.59. The van der Waals surface area contributed by atoms with Crippen molar-refractivity contribution in [3.8, 4) is 0 Å². The fraction of sp³-hybridized carbons (Fsp3) is 0.182. The molecule has 0 saturated heterocycles. The first kappa shape index (κ1) is 20.7. The van der Waals surface area contributed by atoms with Crippen LogP contribution in [0.15, 0.2) is 60.1 Å². The quantitative estimate of drug-likeness (QED) is 0.358. The Bertz CT molecular complexity index is 1170. The van der Waals surface area contributed by atoms with Crippen LogP contribution in [-0.4, -0.2) is 22.8 Å². The summed E-state index contributed by atoms with van der Waals surface area (Å²) in [4.78, 5) is 30.6. The van der Waals surface area contributed by atoms with Crippen LogP contribution in [0, 0.1) is 0 Å². The van der Waals surface area contributed by atoms with Crippen molar-refractivity contribution in [3.05, 3.63) is 79.8 Å². The maximum atomic E-state index is 13.1. The second-order valence-electron chi connectivity index (χ2n) is 6.94. The van der Waals surface area contributed by atoms with Gasteiger partial charge in [-0.3, -0.25) is 9.59 Å². The normalized spacial score (nSPS) is 13.1. The van der Waals surface area contributed by atoms with Crippen molar-refractivity contribution in [1.29, 1.82) is 0 Å². The van der Waals surface area contributed by atoms with E-state index in [2.05, 4.69) is 15.6 Å². The van der Waals surface area contributed by atoms with Crippen molar-refractivity contribution in [3.63, 3.8) is 0 Å². The van der Waals surface area contributed by atoms with Gasteiger partial charge in [-0.2, -0.15) is 0 Å². The molecule has 2 unspecified atom stereocenters. The molecule has 0 saturated carbocycles. The Hall–Kier alpha value is -2.61. The number of carbonyl (C=O) groups excluding carboxylic acids is 2. The van der Waals surface area contributed by atoms with E-state index < -0.39 is 6.04 Å². The summed E-state index contributed by atoms with van der Waals surface area (Å²) in [6.07, 6.45) is 2.27. The van der Waals surface area contributed by atoms with Gasteiger partial charge >= 0.3 is 0 Å². The van der Waals surface area contributed by atoms with Gasteiger partial charge in [0.15, 0.2) is 0 Å². The van der Waals surface area contributed by atoms with E-state index >= 15 is 0 Å². The molecule has 154 valence electrons. The predicted octanol–water partition coefficient (Wildman–Crippen LogP) is 5.16. The monoisotopic (exact) mass is 457 g/mol. The van der Waals surface area contributed by atoms with E-state index in [4.69, 9.17) is 11.6 Å².